The molecule has 0 radical (unpaired) electrons. The Morgan fingerprint density at radius 2 is 1.41 bits per heavy atom. The maximum Gasteiger partial charge on any atom is 0.170 e. The summed E-state index contributed by atoms with van der Waals surface area (Å²) < 4.78 is 5.47. The van der Waals surface area contributed by atoms with Gasteiger partial charge in [0.15, 0.2) is 5.11 Å². The first-order valence-corrected chi connectivity index (χ1v) is 9.54. The average Bonchev–Trinajstić information content (AvgIpc) is 2.71. The molecule has 138 valence electrons. The van der Waals surface area contributed by atoms with Gasteiger partial charge in [-0.1, -0.05) is 60.7 Å². The van der Waals surface area contributed by atoms with Crippen molar-refractivity contribution < 1.29 is 4.74 Å². The van der Waals surface area contributed by atoms with E-state index in [-0.39, 0.29) is 5.92 Å². The minimum Gasteiger partial charge on any atom is -0.494 e. The molecule has 0 bridgehead atoms. The average molecular weight is 377 g/mol. The zero-order valence-corrected chi connectivity index (χ0v) is 16.2. The minimum atomic E-state index is 0.229. The monoisotopic (exact) mass is 376 g/mol. The molecule has 0 unspecified atom stereocenters. The third-order valence-corrected chi connectivity index (χ3v) is 4.54. The lowest BCUT2D eigenvalue weighted by molar-refractivity contribution is 0.340. The Kier molecular flexibility index (Phi) is 6.83. The Balaban J connectivity index is 1.64. The highest BCUT2D eigenvalue weighted by Gasteiger charge is 2.14. The van der Waals surface area contributed by atoms with Gasteiger partial charge in [0.25, 0.3) is 0 Å². The third-order valence-electron chi connectivity index (χ3n) is 4.29. The number of hydrogen-bond donors (Lipinski definition) is 2. The van der Waals surface area contributed by atoms with E-state index in [0.29, 0.717) is 11.7 Å². The van der Waals surface area contributed by atoms with E-state index in [1.54, 1.807) is 0 Å². The lowest BCUT2D eigenvalue weighted by atomic mass is 9.91. The summed E-state index contributed by atoms with van der Waals surface area (Å²) in [6, 6.07) is 28.8. The van der Waals surface area contributed by atoms with Gasteiger partial charge in [-0.25, -0.2) is 0 Å². The summed E-state index contributed by atoms with van der Waals surface area (Å²) in [6.45, 7) is 3.35. The number of benzene rings is 3. The Morgan fingerprint density at radius 1 is 0.852 bits per heavy atom. The van der Waals surface area contributed by atoms with Crippen molar-refractivity contribution in [3.63, 3.8) is 0 Å². The van der Waals surface area contributed by atoms with Crippen molar-refractivity contribution in [1.29, 1.82) is 0 Å². The normalized spacial score (nSPS) is 10.4. The van der Waals surface area contributed by atoms with E-state index >= 15 is 0 Å². The van der Waals surface area contributed by atoms with Gasteiger partial charge in [-0.3, -0.25) is 0 Å². The number of ether oxygens (including phenoxy) is 1. The zero-order chi connectivity index (χ0) is 18.9. The SMILES string of the molecule is CCOc1ccc(NC(=S)NCC(c2ccccc2)c2ccccc2)cc1. The molecule has 0 aliphatic carbocycles. The van der Waals surface area contributed by atoms with Crippen molar-refractivity contribution >= 4 is 23.0 Å². The van der Waals surface area contributed by atoms with Crippen LogP contribution < -0.4 is 15.4 Å². The van der Waals surface area contributed by atoms with Crippen LogP contribution in [0.2, 0.25) is 0 Å². The van der Waals surface area contributed by atoms with Crippen LogP contribution in [0.15, 0.2) is 84.9 Å². The van der Waals surface area contributed by atoms with Crippen LogP contribution in [0.5, 0.6) is 5.75 Å². The largest absolute Gasteiger partial charge is 0.494 e. The molecule has 0 spiro atoms. The van der Waals surface area contributed by atoms with Crippen LogP contribution in [0.1, 0.15) is 24.0 Å². The van der Waals surface area contributed by atoms with Gasteiger partial charge >= 0.3 is 0 Å². The topological polar surface area (TPSA) is 33.3 Å². The van der Waals surface area contributed by atoms with Crippen LogP contribution in [-0.2, 0) is 0 Å². The minimum absolute atomic E-state index is 0.229. The number of hydrogen-bond acceptors (Lipinski definition) is 2. The standard InChI is InChI=1S/C23H24N2OS/c1-2-26-21-15-13-20(14-16-21)25-23(27)24-17-22(18-9-5-3-6-10-18)19-11-7-4-8-12-19/h3-16,22H,2,17H2,1H3,(H2,24,25,27). The van der Waals surface area contributed by atoms with Crippen molar-refractivity contribution in [3.05, 3.63) is 96.1 Å². The van der Waals surface area contributed by atoms with E-state index in [1.807, 2.05) is 43.3 Å². The highest BCUT2D eigenvalue weighted by Crippen LogP contribution is 2.23. The molecule has 3 aromatic rings. The van der Waals surface area contributed by atoms with E-state index in [2.05, 4.69) is 59.2 Å². The second-order valence-corrected chi connectivity index (χ2v) is 6.57. The molecular formula is C23H24N2OS. The summed E-state index contributed by atoms with van der Waals surface area (Å²) in [5, 5.41) is 7.20. The van der Waals surface area contributed by atoms with Gasteiger partial charge in [-0.15, -0.1) is 0 Å². The molecule has 2 N–H and O–H groups in total. The summed E-state index contributed by atoms with van der Waals surface area (Å²) >= 11 is 5.48. The molecule has 0 aliphatic heterocycles. The molecule has 0 fully saturated rings. The van der Waals surface area contributed by atoms with Gasteiger partial charge in [0.2, 0.25) is 0 Å². The summed E-state index contributed by atoms with van der Waals surface area (Å²) in [4.78, 5) is 0. The molecule has 27 heavy (non-hydrogen) atoms. The molecule has 0 saturated carbocycles. The number of anilines is 1. The van der Waals surface area contributed by atoms with Crippen LogP contribution in [-0.4, -0.2) is 18.3 Å². The lowest BCUT2D eigenvalue weighted by Gasteiger charge is -2.20. The first kappa shape index (κ1) is 18.9. The van der Waals surface area contributed by atoms with Crippen molar-refractivity contribution in [2.24, 2.45) is 0 Å². The Labute approximate surface area is 166 Å². The Bertz CT molecular complexity index is 796. The number of rotatable bonds is 7. The molecule has 0 aromatic heterocycles. The molecule has 3 nitrogen and oxygen atoms in total. The number of thiocarbonyl (C=S) groups is 1. The maximum atomic E-state index is 5.48. The van der Waals surface area contributed by atoms with Gasteiger partial charge < -0.3 is 15.4 Å². The molecule has 0 heterocycles. The van der Waals surface area contributed by atoms with Crippen molar-refractivity contribution in [2.45, 2.75) is 12.8 Å². The van der Waals surface area contributed by atoms with Crippen LogP contribution in [0.4, 0.5) is 5.69 Å². The molecule has 3 rings (SSSR count). The van der Waals surface area contributed by atoms with Gasteiger partial charge in [0.1, 0.15) is 5.75 Å². The highest BCUT2D eigenvalue weighted by molar-refractivity contribution is 7.80. The predicted molar refractivity (Wildman–Crippen MR) is 117 cm³/mol. The Morgan fingerprint density at radius 3 is 1.93 bits per heavy atom. The molecule has 4 heteroatoms. The molecular weight excluding hydrogens is 352 g/mol. The van der Waals surface area contributed by atoms with Crippen LogP contribution in [0.25, 0.3) is 0 Å². The van der Waals surface area contributed by atoms with Gasteiger partial charge in [-0.2, -0.15) is 0 Å². The van der Waals surface area contributed by atoms with Crippen LogP contribution in [0, 0.1) is 0 Å². The summed E-state index contributed by atoms with van der Waals surface area (Å²) in [5.41, 5.74) is 3.46. The summed E-state index contributed by atoms with van der Waals surface area (Å²) in [6.07, 6.45) is 0. The van der Waals surface area contributed by atoms with Gasteiger partial charge in [-0.05, 0) is 54.5 Å². The van der Waals surface area contributed by atoms with E-state index in [1.165, 1.54) is 11.1 Å². The van der Waals surface area contributed by atoms with Gasteiger partial charge in [0.05, 0.1) is 6.61 Å². The first-order chi connectivity index (χ1) is 13.3. The van der Waals surface area contributed by atoms with Crippen LogP contribution >= 0.6 is 12.2 Å². The van der Waals surface area contributed by atoms with Crippen molar-refractivity contribution in [2.75, 3.05) is 18.5 Å². The lowest BCUT2D eigenvalue weighted by Crippen LogP contribution is -2.32. The van der Waals surface area contributed by atoms with Gasteiger partial charge in [0, 0.05) is 18.2 Å². The first-order valence-electron chi connectivity index (χ1n) is 9.14. The van der Waals surface area contributed by atoms with Crippen molar-refractivity contribution in [3.8, 4) is 5.75 Å². The van der Waals surface area contributed by atoms with E-state index in [9.17, 15) is 0 Å². The summed E-state index contributed by atoms with van der Waals surface area (Å²) in [5.74, 6) is 1.09. The third kappa shape index (κ3) is 5.56. The van der Waals surface area contributed by atoms with E-state index in [4.69, 9.17) is 17.0 Å². The molecule has 0 amide bonds. The zero-order valence-electron chi connectivity index (χ0n) is 15.4. The molecule has 0 atom stereocenters. The second kappa shape index (κ2) is 9.74. The Hall–Kier alpha value is -2.85. The molecule has 0 aliphatic rings. The fourth-order valence-electron chi connectivity index (χ4n) is 2.97. The number of nitrogens with one attached hydrogen (secondary N) is 2. The fourth-order valence-corrected chi connectivity index (χ4v) is 3.17. The van der Waals surface area contributed by atoms with E-state index < -0.39 is 0 Å². The predicted octanol–water partition coefficient (Wildman–Crippen LogP) is 5.20. The maximum absolute atomic E-state index is 5.48. The molecule has 0 saturated heterocycles. The fraction of sp³-hybridized carbons (Fsp3) is 0.174. The molecule has 3 aromatic carbocycles. The summed E-state index contributed by atoms with van der Waals surface area (Å²) in [7, 11) is 0. The van der Waals surface area contributed by atoms with E-state index in [0.717, 1.165) is 18.0 Å². The second-order valence-electron chi connectivity index (χ2n) is 6.17. The quantitative estimate of drug-likeness (QED) is 0.555. The van der Waals surface area contributed by atoms with Crippen LogP contribution in [0.3, 0.4) is 0 Å². The van der Waals surface area contributed by atoms with Crippen molar-refractivity contribution in [1.82, 2.24) is 5.32 Å². The smallest absolute Gasteiger partial charge is 0.170 e. The highest BCUT2D eigenvalue weighted by atomic mass is 32.1.